The van der Waals surface area contributed by atoms with Gasteiger partial charge in [-0.3, -0.25) is 4.79 Å². The number of methoxy groups -OCH3 is 1. The summed E-state index contributed by atoms with van der Waals surface area (Å²) in [5.41, 5.74) is 6.93. The minimum Gasteiger partial charge on any atom is -0.494 e. The SMILES string of the molecule is C=C(Nc1ccc(Cl)cc1)C1CC1.C=C(c1ccc(OCCC(C)C(=O)OC)cc1)N1CCCc2ccccc21.CC. The van der Waals surface area contributed by atoms with Crippen LogP contribution in [-0.2, 0) is 16.0 Å². The van der Waals surface area contributed by atoms with Crippen LogP contribution in [0, 0.1) is 11.8 Å². The summed E-state index contributed by atoms with van der Waals surface area (Å²) in [6, 6.07) is 24.2. The number of nitrogens with zero attached hydrogens (tertiary/aromatic N) is 1. The van der Waals surface area contributed by atoms with Gasteiger partial charge in [0.1, 0.15) is 5.75 Å². The van der Waals surface area contributed by atoms with Crippen molar-refractivity contribution in [3.63, 3.8) is 0 Å². The Balaban J connectivity index is 0.000000269. The van der Waals surface area contributed by atoms with Crippen LogP contribution in [0.15, 0.2) is 91.7 Å². The quantitative estimate of drug-likeness (QED) is 0.239. The molecule has 6 heteroatoms. The first-order valence-electron chi connectivity index (χ1n) is 14.9. The van der Waals surface area contributed by atoms with Crippen LogP contribution in [0.2, 0.25) is 5.02 Å². The molecule has 1 aliphatic carbocycles. The molecule has 5 nitrogen and oxygen atoms in total. The van der Waals surface area contributed by atoms with Crippen LogP contribution in [0.25, 0.3) is 5.70 Å². The monoisotopic (exact) mass is 588 g/mol. The summed E-state index contributed by atoms with van der Waals surface area (Å²) in [5, 5.41) is 4.04. The highest BCUT2D eigenvalue weighted by atomic mass is 35.5. The van der Waals surface area contributed by atoms with Gasteiger partial charge in [-0.05, 0) is 104 Å². The second-order valence-electron chi connectivity index (χ2n) is 10.3. The lowest BCUT2D eigenvalue weighted by atomic mass is 10.00. The van der Waals surface area contributed by atoms with Gasteiger partial charge in [0.25, 0.3) is 0 Å². The van der Waals surface area contributed by atoms with Gasteiger partial charge in [-0.2, -0.15) is 0 Å². The number of carbonyl (C=O) groups excluding carboxylic acids is 1. The Morgan fingerprint density at radius 3 is 2.33 bits per heavy atom. The maximum atomic E-state index is 11.4. The van der Waals surface area contributed by atoms with E-state index in [4.69, 9.17) is 21.1 Å². The summed E-state index contributed by atoms with van der Waals surface area (Å²) in [6.07, 6.45) is 5.44. The molecule has 3 aromatic rings. The maximum absolute atomic E-state index is 11.4. The summed E-state index contributed by atoms with van der Waals surface area (Å²) in [4.78, 5) is 13.7. The fourth-order valence-electron chi connectivity index (χ4n) is 4.64. The van der Waals surface area contributed by atoms with Crippen molar-refractivity contribution in [1.29, 1.82) is 0 Å². The number of allylic oxidation sites excluding steroid dienone is 1. The van der Waals surface area contributed by atoms with Crippen LogP contribution in [0.3, 0.4) is 0 Å². The number of para-hydroxylation sites is 1. The number of nitrogens with one attached hydrogen (secondary N) is 1. The molecule has 1 unspecified atom stereocenters. The van der Waals surface area contributed by atoms with Gasteiger partial charge in [-0.25, -0.2) is 0 Å². The molecule has 3 aromatic carbocycles. The third kappa shape index (κ3) is 9.70. The zero-order chi connectivity index (χ0) is 30.5. The van der Waals surface area contributed by atoms with Crippen molar-refractivity contribution in [3.05, 3.63) is 108 Å². The number of carbonyl (C=O) groups is 1. The number of aryl methyl sites for hydroxylation is 1. The number of rotatable bonds is 10. The molecule has 0 aromatic heterocycles. The van der Waals surface area contributed by atoms with Crippen molar-refractivity contribution < 1.29 is 14.3 Å². The van der Waals surface area contributed by atoms with Gasteiger partial charge in [0.15, 0.2) is 0 Å². The van der Waals surface area contributed by atoms with Crippen LogP contribution in [0.1, 0.15) is 57.6 Å². The highest BCUT2D eigenvalue weighted by molar-refractivity contribution is 6.30. The van der Waals surface area contributed by atoms with E-state index in [1.54, 1.807) is 0 Å². The first-order chi connectivity index (χ1) is 20.4. The highest BCUT2D eigenvalue weighted by Crippen LogP contribution is 2.36. The molecule has 5 rings (SSSR count). The van der Waals surface area contributed by atoms with E-state index in [1.165, 1.54) is 31.2 Å². The van der Waals surface area contributed by atoms with Gasteiger partial charge in [0.2, 0.25) is 0 Å². The second kappa shape index (κ2) is 16.7. The number of hydrogen-bond donors (Lipinski definition) is 1. The lowest BCUT2D eigenvalue weighted by molar-refractivity contribution is -0.145. The summed E-state index contributed by atoms with van der Waals surface area (Å²) >= 11 is 5.77. The summed E-state index contributed by atoms with van der Waals surface area (Å²) < 4.78 is 10.5. The van der Waals surface area contributed by atoms with Crippen molar-refractivity contribution >= 4 is 34.6 Å². The lowest BCUT2D eigenvalue weighted by Crippen LogP contribution is -2.27. The number of anilines is 2. The lowest BCUT2D eigenvalue weighted by Gasteiger charge is -2.32. The number of halogens is 1. The first kappa shape index (κ1) is 32.8. The molecular formula is C36H45ClN2O3. The van der Waals surface area contributed by atoms with E-state index in [1.807, 2.05) is 69.3 Å². The molecule has 1 N–H and O–H groups in total. The van der Waals surface area contributed by atoms with Crippen LogP contribution in [0.5, 0.6) is 5.75 Å². The van der Waals surface area contributed by atoms with E-state index in [-0.39, 0.29) is 11.9 Å². The minimum absolute atomic E-state index is 0.159. The van der Waals surface area contributed by atoms with Crippen molar-refractivity contribution in [3.8, 4) is 5.75 Å². The molecule has 0 bridgehead atoms. The molecule has 0 spiro atoms. The number of ether oxygens (including phenoxy) is 2. The number of fused-ring (bicyclic) bond motifs is 1. The van der Waals surface area contributed by atoms with Crippen molar-refractivity contribution in [2.75, 3.05) is 30.5 Å². The third-order valence-corrected chi connectivity index (χ3v) is 7.52. The van der Waals surface area contributed by atoms with Gasteiger partial charge in [0.05, 0.1) is 19.6 Å². The van der Waals surface area contributed by atoms with Crippen molar-refractivity contribution in [2.24, 2.45) is 11.8 Å². The van der Waals surface area contributed by atoms with Crippen LogP contribution >= 0.6 is 11.6 Å². The van der Waals surface area contributed by atoms with E-state index in [0.717, 1.165) is 52.8 Å². The zero-order valence-electron chi connectivity index (χ0n) is 25.5. The molecule has 2 aliphatic rings. The van der Waals surface area contributed by atoms with E-state index in [2.05, 4.69) is 47.6 Å². The molecule has 0 amide bonds. The topological polar surface area (TPSA) is 50.8 Å². The van der Waals surface area contributed by atoms with Gasteiger partial charge < -0.3 is 19.7 Å². The molecule has 1 aliphatic heterocycles. The third-order valence-electron chi connectivity index (χ3n) is 7.27. The molecule has 0 saturated heterocycles. The van der Waals surface area contributed by atoms with Gasteiger partial charge in [-0.15, -0.1) is 0 Å². The average molecular weight is 589 g/mol. The summed E-state index contributed by atoms with van der Waals surface area (Å²) in [7, 11) is 1.41. The Bertz CT molecular complexity index is 1300. The van der Waals surface area contributed by atoms with Gasteiger partial charge in [0, 0.05) is 34.3 Å². The molecule has 1 fully saturated rings. The second-order valence-corrected chi connectivity index (χ2v) is 10.8. The first-order valence-corrected chi connectivity index (χ1v) is 15.3. The van der Waals surface area contributed by atoms with Crippen molar-refractivity contribution in [1.82, 2.24) is 0 Å². The fourth-order valence-corrected chi connectivity index (χ4v) is 4.76. The van der Waals surface area contributed by atoms with Crippen LogP contribution in [-0.4, -0.2) is 26.2 Å². The molecule has 1 heterocycles. The number of benzene rings is 3. The molecule has 42 heavy (non-hydrogen) atoms. The van der Waals surface area contributed by atoms with E-state index >= 15 is 0 Å². The predicted octanol–water partition coefficient (Wildman–Crippen LogP) is 9.39. The Labute approximate surface area is 257 Å². The fraction of sp³-hybridized carbons (Fsp3) is 0.361. The average Bonchev–Trinajstić information content (AvgIpc) is 3.89. The Morgan fingerprint density at radius 2 is 1.69 bits per heavy atom. The van der Waals surface area contributed by atoms with Crippen molar-refractivity contribution in [2.45, 2.75) is 52.9 Å². The molecule has 0 radical (unpaired) electrons. The maximum Gasteiger partial charge on any atom is 0.308 e. The molecule has 1 atom stereocenters. The number of esters is 1. The normalized spacial score (nSPS) is 14.1. The largest absolute Gasteiger partial charge is 0.494 e. The van der Waals surface area contributed by atoms with E-state index < -0.39 is 0 Å². The van der Waals surface area contributed by atoms with Gasteiger partial charge in [-0.1, -0.05) is 63.7 Å². The molecule has 1 saturated carbocycles. The molecular weight excluding hydrogens is 544 g/mol. The molecule has 224 valence electrons. The van der Waals surface area contributed by atoms with Gasteiger partial charge >= 0.3 is 5.97 Å². The minimum atomic E-state index is -0.202. The van der Waals surface area contributed by atoms with E-state index in [0.29, 0.717) is 18.9 Å². The standard InChI is InChI=1S/C23H27NO3.C11H12ClN.C2H6/c1-17(23(25)26-3)14-16-27-21-12-10-19(11-13-21)18(2)24-15-6-8-20-7-4-5-9-22(20)24;1-8(9-2-3-9)13-11-6-4-10(12)5-7-11;1-2/h4-5,7,9-13,17H,2,6,8,14-16H2,1,3H3;4-7,9,13H,1-3H2;1-2H3. The predicted molar refractivity (Wildman–Crippen MR) is 177 cm³/mol. The Morgan fingerprint density at radius 1 is 1.02 bits per heavy atom. The van der Waals surface area contributed by atoms with Crippen LogP contribution in [0.4, 0.5) is 11.4 Å². The summed E-state index contributed by atoms with van der Waals surface area (Å²) in [5.74, 6) is 1.12. The number of hydrogen-bond acceptors (Lipinski definition) is 5. The van der Waals surface area contributed by atoms with E-state index in [9.17, 15) is 4.79 Å². The summed E-state index contributed by atoms with van der Waals surface area (Å²) in [6.45, 7) is 15.6. The van der Waals surface area contributed by atoms with Crippen LogP contribution < -0.4 is 15.0 Å². The smallest absolute Gasteiger partial charge is 0.308 e. The zero-order valence-corrected chi connectivity index (χ0v) is 26.3. The Kier molecular flexibility index (Phi) is 13.0. The highest BCUT2D eigenvalue weighted by Gasteiger charge is 2.24. The Hall–Kier alpha value is -3.70.